The number of amides is 2. The Morgan fingerprint density at radius 1 is 0.729 bits per heavy atom. The van der Waals surface area contributed by atoms with Crippen molar-refractivity contribution in [3.8, 4) is 22.4 Å². The summed E-state index contributed by atoms with van der Waals surface area (Å²) in [6.45, 7) is 11.5. The van der Waals surface area contributed by atoms with Crippen LogP contribution in [0.15, 0.2) is 36.4 Å². The fraction of sp³-hybridized carbons (Fsp3) is 0.526. The number of hydrogen-bond acceptors (Lipinski definition) is 6. The van der Waals surface area contributed by atoms with Gasteiger partial charge < -0.3 is 19.4 Å². The molecule has 10 heteroatoms. The minimum absolute atomic E-state index is 0.0748. The van der Waals surface area contributed by atoms with Gasteiger partial charge in [-0.05, 0) is 121 Å². The first kappa shape index (κ1) is 29.8. The summed E-state index contributed by atoms with van der Waals surface area (Å²) in [5.74, 6) is 2.77. The number of carbonyl (C=O) groups is 2. The molecule has 0 unspecified atom stereocenters. The van der Waals surface area contributed by atoms with E-state index in [-0.39, 0.29) is 36.4 Å². The number of nitrogens with one attached hydrogen (secondary N) is 2. The van der Waals surface area contributed by atoms with Crippen molar-refractivity contribution in [3.63, 3.8) is 0 Å². The van der Waals surface area contributed by atoms with E-state index >= 15 is 0 Å². The maximum Gasteiger partial charge on any atom is 0.411 e. The zero-order valence-electron chi connectivity index (χ0n) is 28.6. The summed E-state index contributed by atoms with van der Waals surface area (Å²) in [6, 6.07) is 13.4. The molecule has 0 bridgehead atoms. The Kier molecular flexibility index (Phi) is 6.26. The highest BCUT2D eigenvalue weighted by Crippen LogP contribution is 2.55. The van der Waals surface area contributed by atoms with E-state index in [4.69, 9.17) is 19.4 Å². The number of carbonyl (C=O) groups excluding carboxylic acids is 2. The van der Waals surface area contributed by atoms with Crippen LogP contribution >= 0.6 is 0 Å². The van der Waals surface area contributed by atoms with Gasteiger partial charge in [0.25, 0.3) is 0 Å². The molecule has 2 aromatic carbocycles. The largest absolute Gasteiger partial charge is 0.444 e. The second-order valence-corrected chi connectivity index (χ2v) is 16.6. The standard InChI is InChI=1S/C38H44N6O4/c1-37(2,3)47-35(45)43-28-15-22(28)17-30(43)33-39-25-11-8-20(14-27(25)41-33)19-7-10-24-21(13-19)9-12-26-32(24)42-34(40-26)31-18-23-16-29(23)44(31)36(46)48-38(4,5)6/h7-8,10-11,13-14,22-23,28-31H,9,12,15-18H2,1-6H3,(H,39,41)(H,40,42)/t22-,23-,28-,29-,30+,31+/m1/s1. The number of aryl methyl sites for hydroxylation is 2. The second kappa shape index (κ2) is 10.1. The average molecular weight is 649 g/mol. The third-order valence-electron chi connectivity index (χ3n) is 10.7. The number of aromatic nitrogens is 4. The van der Waals surface area contributed by atoms with Gasteiger partial charge >= 0.3 is 12.2 Å². The number of imidazole rings is 2. The van der Waals surface area contributed by atoms with Gasteiger partial charge in [-0.2, -0.15) is 0 Å². The van der Waals surface area contributed by atoms with Crippen LogP contribution in [0.2, 0.25) is 0 Å². The average Bonchev–Trinajstić information content (AvgIpc) is 3.66. The molecule has 2 aromatic heterocycles. The van der Waals surface area contributed by atoms with Crippen LogP contribution in [-0.4, -0.2) is 65.2 Å². The van der Waals surface area contributed by atoms with Crippen molar-refractivity contribution < 1.29 is 19.1 Å². The third kappa shape index (κ3) is 5.06. The Labute approximate surface area is 280 Å². The topological polar surface area (TPSA) is 116 Å². The van der Waals surface area contributed by atoms with Crippen molar-refractivity contribution in [1.29, 1.82) is 0 Å². The van der Waals surface area contributed by atoms with Crippen molar-refractivity contribution >= 4 is 23.2 Å². The van der Waals surface area contributed by atoms with E-state index in [0.717, 1.165) is 89.3 Å². The Morgan fingerprint density at radius 2 is 1.31 bits per heavy atom. The van der Waals surface area contributed by atoms with Crippen LogP contribution < -0.4 is 0 Å². The van der Waals surface area contributed by atoms with E-state index in [9.17, 15) is 9.59 Å². The summed E-state index contributed by atoms with van der Waals surface area (Å²) in [4.78, 5) is 47.4. The molecule has 48 heavy (non-hydrogen) atoms. The normalized spacial score (nSPS) is 27.0. The second-order valence-electron chi connectivity index (χ2n) is 16.6. The van der Waals surface area contributed by atoms with Crippen LogP contribution in [0.5, 0.6) is 0 Å². The van der Waals surface area contributed by atoms with Gasteiger partial charge in [-0.15, -0.1) is 0 Å². The Balaban J connectivity index is 0.966. The number of ether oxygens (including phenoxy) is 2. The molecular formula is C38H44N6O4. The van der Waals surface area contributed by atoms with Crippen molar-refractivity contribution in [3.05, 3.63) is 59.3 Å². The van der Waals surface area contributed by atoms with Gasteiger partial charge in [0.05, 0.1) is 28.8 Å². The minimum Gasteiger partial charge on any atom is -0.444 e. The fourth-order valence-corrected chi connectivity index (χ4v) is 8.38. The van der Waals surface area contributed by atoms with Crippen molar-refractivity contribution in [2.75, 3.05) is 0 Å². The van der Waals surface area contributed by atoms with E-state index in [1.807, 2.05) is 51.3 Å². The van der Waals surface area contributed by atoms with Gasteiger partial charge in [0.15, 0.2) is 0 Å². The molecule has 4 heterocycles. The molecule has 2 saturated carbocycles. The Morgan fingerprint density at radius 3 is 1.94 bits per heavy atom. The SMILES string of the molecule is CC(C)(C)OC(=O)N1[C@@H]2C[C@@H]2C[C@H]1c1nc2c([nH]1)CCc1cc(-c3ccc4nc([C@@H]5C[C@H]6C[C@H]6N5C(=O)OC(C)(C)C)[nH]c4c3)ccc1-2. The summed E-state index contributed by atoms with van der Waals surface area (Å²) in [7, 11) is 0. The van der Waals surface area contributed by atoms with Crippen LogP contribution in [0.25, 0.3) is 33.4 Å². The summed E-state index contributed by atoms with van der Waals surface area (Å²) >= 11 is 0. The predicted octanol–water partition coefficient (Wildman–Crippen LogP) is 7.86. The molecular weight excluding hydrogens is 604 g/mol. The number of piperidine rings is 2. The zero-order chi connectivity index (χ0) is 33.3. The molecule has 250 valence electrons. The third-order valence-corrected chi connectivity index (χ3v) is 10.7. The van der Waals surface area contributed by atoms with E-state index in [2.05, 4.69) is 46.4 Å². The maximum absolute atomic E-state index is 13.2. The molecule has 4 aromatic rings. The molecule has 4 fully saturated rings. The highest BCUT2D eigenvalue weighted by molar-refractivity contribution is 5.84. The van der Waals surface area contributed by atoms with Crippen LogP contribution in [0, 0.1) is 11.8 Å². The lowest BCUT2D eigenvalue weighted by Crippen LogP contribution is -2.38. The van der Waals surface area contributed by atoms with Gasteiger partial charge in [-0.3, -0.25) is 9.80 Å². The molecule has 2 amide bonds. The maximum atomic E-state index is 13.2. The van der Waals surface area contributed by atoms with Crippen molar-refractivity contribution in [1.82, 2.24) is 29.7 Å². The lowest BCUT2D eigenvalue weighted by molar-refractivity contribution is 0.0164. The first-order valence-electron chi connectivity index (χ1n) is 17.5. The molecule has 2 aliphatic heterocycles. The van der Waals surface area contributed by atoms with Gasteiger partial charge in [0.1, 0.15) is 22.9 Å². The predicted molar refractivity (Wildman–Crippen MR) is 181 cm³/mol. The number of benzene rings is 2. The molecule has 5 aliphatic rings. The summed E-state index contributed by atoms with van der Waals surface area (Å²) in [5.41, 5.74) is 7.64. The zero-order valence-corrected chi connectivity index (χ0v) is 28.6. The number of rotatable bonds is 3. The van der Waals surface area contributed by atoms with E-state index in [1.54, 1.807) is 0 Å². The van der Waals surface area contributed by atoms with Gasteiger partial charge in [0.2, 0.25) is 0 Å². The summed E-state index contributed by atoms with van der Waals surface area (Å²) in [6.07, 6.45) is 5.26. The van der Waals surface area contributed by atoms with E-state index < -0.39 is 11.2 Å². The molecule has 3 aliphatic carbocycles. The quantitative estimate of drug-likeness (QED) is 0.234. The van der Waals surface area contributed by atoms with Gasteiger partial charge in [-0.1, -0.05) is 24.3 Å². The Bertz CT molecular complexity index is 1980. The number of nitrogens with zero attached hydrogens (tertiary/aromatic N) is 4. The number of hydrogen-bond donors (Lipinski definition) is 2. The summed E-state index contributed by atoms with van der Waals surface area (Å²) in [5, 5.41) is 0. The van der Waals surface area contributed by atoms with Crippen molar-refractivity contribution in [2.24, 2.45) is 11.8 Å². The lowest BCUT2D eigenvalue weighted by Gasteiger charge is -2.29. The smallest absolute Gasteiger partial charge is 0.411 e. The summed E-state index contributed by atoms with van der Waals surface area (Å²) < 4.78 is 11.6. The van der Waals surface area contributed by atoms with Crippen molar-refractivity contribution in [2.45, 2.75) is 115 Å². The molecule has 2 N–H and O–H groups in total. The molecule has 6 atom stereocenters. The highest BCUT2D eigenvalue weighted by atomic mass is 16.6. The molecule has 9 rings (SSSR count). The monoisotopic (exact) mass is 648 g/mol. The number of likely N-dealkylation sites (tertiary alicyclic amines) is 2. The minimum atomic E-state index is -0.535. The number of aromatic amines is 2. The van der Waals surface area contributed by atoms with Crippen LogP contribution in [0.3, 0.4) is 0 Å². The van der Waals surface area contributed by atoms with Crippen LogP contribution in [-0.2, 0) is 22.3 Å². The molecule has 10 nitrogen and oxygen atoms in total. The first-order valence-corrected chi connectivity index (χ1v) is 17.5. The molecule has 0 spiro atoms. The molecule has 0 radical (unpaired) electrons. The molecule has 2 saturated heterocycles. The highest BCUT2D eigenvalue weighted by Gasteiger charge is 2.57. The van der Waals surface area contributed by atoms with E-state index in [1.165, 1.54) is 5.56 Å². The van der Waals surface area contributed by atoms with Gasteiger partial charge in [-0.25, -0.2) is 19.6 Å². The van der Waals surface area contributed by atoms with E-state index in [0.29, 0.717) is 11.8 Å². The van der Waals surface area contributed by atoms with Gasteiger partial charge in [0, 0.05) is 23.3 Å². The lowest BCUT2D eigenvalue weighted by atomic mass is 9.89. The fourth-order valence-electron chi connectivity index (χ4n) is 8.38. The first-order chi connectivity index (χ1) is 22.8. The number of H-pyrrole nitrogens is 2. The van der Waals surface area contributed by atoms with Crippen LogP contribution in [0.4, 0.5) is 9.59 Å². The van der Waals surface area contributed by atoms with Crippen LogP contribution in [0.1, 0.15) is 102 Å². The Hall–Kier alpha value is -4.34. The number of fused-ring (bicyclic) bond motifs is 6.